The summed E-state index contributed by atoms with van der Waals surface area (Å²) in [5.74, 6) is -0.834. The topological polar surface area (TPSA) is 72.5 Å². The van der Waals surface area contributed by atoms with Crippen molar-refractivity contribution >= 4 is 16.0 Å². The Hall–Kier alpha value is -2.18. The third-order valence-corrected chi connectivity index (χ3v) is 5.62. The predicted octanol–water partition coefficient (Wildman–Crippen LogP) is 4.31. The third-order valence-electron chi connectivity index (χ3n) is 4.16. The average molecular weight is 404 g/mol. The van der Waals surface area contributed by atoms with Gasteiger partial charge in [0.15, 0.2) is 0 Å². The molecule has 0 heterocycles. The molecule has 1 N–H and O–H groups in total. The van der Waals surface area contributed by atoms with Crippen molar-refractivity contribution in [2.24, 2.45) is 5.92 Å². The standard InChI is InChI=1S/C22H29NO4S/c1-15(2)20(21(24)27-22(4,5)6)23-28(25,26)19-13-11-18(12-14-19)17-9-7-16(3)8-10-17/h7-15,20,23H,1-6H3/t20-/m0/s1. The minimum absolute atomic E-state index is 0.109. The van der Waals surface area contributed by atoms with Crippen molar-refractivity contribution in [2.45, 2.75) is 58.1 Å². The van der Waals surface area contributed by atoms with E-state index in [4.69, 9.17) is 4.74 Å². The largest absolute Gasteiger partial charge is 0.459 e. The summed E-state index contributed by atoms with van der Waals surface area (Å²) in [6.07, 6.45) is 0. The number of nitrogens with one attached hydrogen (secondary N) is 1. The van der Waals surface area contributed by atoms with Gasteiger partial charge in [0.1, 0.15) is 11.6 Å². The molecule has 1 atom stereocenters. The van der Waals surface area contributed by atoms with Gasteiger partial charge in [0.25, 0.3) is 0 Å². The van der Waals surface area contributed by atoms with E-state index >= 15 is 0 Å². The van der Waals surface area contributed by atoms with E-state index in [0.29, 0.717) is 0 Å². The van der Waals surface area contributed by atoms with Gasteiger partial charge in [-0.05, 0) is 56.9 Å². The number of carbonyl (C=O) groups excluding carboxylic acids is 1. The molecule has 0 aliphatic carbocycles. The lowest BCUT2D eigenvalue weighted by Crippen LogP contribution is -2.47. The predicted molar refractivity (Wildman–Crippen MR) is 111 cm³/mol. The van der Waals surface area contributed by atoms with Crippen molar-refractivity contribution in [1.82, 2.24) is 4.72 Å². The second-order valence-corrected chi connectivity index (χ2v) is 9.98. The van der Waals surface area contributed by atoms with Crippen LogP contribution < -0.4 is 4.72 Å². The number of carbonyl (C=O) groups is 1. The fourth-order valence-corrected chi connectivity index (χ4v) is 3.96. The molecule has 0 aliphatic heterocycles. The molecular weight excluding hydrogens is 374 g/mol. The number of sulfonamides is 1. The summed E-state index contributed by atoms with van der Waals surface area (Å²) in [6.45, 7) is 10.8. The van der Waals surface area contributed by atoms with Crippen molar-refractivity contribution < 1.29 is 17.9 Å². The van der Waals surface area contributed by atoms with Crippen molar-refractivity contribution in [3.63, 3.8) is 0 Å². The van der Waals surface area contributed by atoms with Crippen LogP contribution in [0.2, 0.25) is 0 Å². The molecule has 0 spiro atoms. The highest BCUT2D eigenvalue weighted by molar-refractivity contribution is 7.89. The number of aryl methyl sites for hydroxylation is 1. The van der Waals surface area contributed by atoms with Gasteiger partial charge in [-0.25, -0.2) is 8.42 Å². The Labute approximate surface area is 168 Å². The number of hydrogen-bond donors (Lipinski definition) is 1. The second-order valence-electron chi connectivity index (χ2n) is 8.27. The Morgan fingerprint density at radius 3 is 1.82 bits per heavy atom. The Bertz CT molecular complexity index is 909. The quantitative estimate of drug-likeness (QED) is 0.730. The van der Waals surface area contributed by atoms with Crippen LogP contribution >= 0.6 is 0 Å². The summed E-state index contributed by atoms with van der Waals surface area (Å²) in [5, 5.41) is 0. The van der Waals surface area contributed by atoms with Crippen molar-refractivity contribution in [3.05, 3.63) is 54.1 Å². The molecule has 5 nitrogen and oxygen atoms in total. The van der Waals surface area contributed by atoms with Gasteiger partial charge in [0.05, 0.1) is 4.90 Å². The molecule has 0 unspecified atom stereocenters. The van der Waals surface area contributed by atoms with Crippen LogP contribution in [-0.2, 0) is 19.6 Å². The van der Waals surface area contributed by atoms with Gasteiger partial charge in [-0.2, -0.15) is 4.72 Å². The summed E-state index contributed by atoms with van der Waals surface area (Å²) in [6, 6.07) is 13.7. The number of hydrogen-bond acceptors (Lipinski definition) is 4. The molecule has 0 aliphatic rings. The highest BCUT2D eigenvalue weighted by atomic mass is 32.2. The molecule has 0 saturated heterocycles. The van der Waals surface area contributed by atoms with Crippen LogP contribution in [0.1, 0.15) is 40.2 Å². The zero-order chi connectivity index (χ0) is 21.1. The maximum atomic E-state index is 12.8. The first kappa shape index (κ1) is 22.1. The van der Waals surface area contributed by atoms with E-state index < -0.39 is 27.6 Å². The minimum Gasteiger partial charge on any atom is -0.459 e. The van der Waals surface area contributed by atoms with Crippen LogP contribution in [0.25, 0.3) is 11.1 Å². The van der Waals surface area contributed by atoms with E-state index in [9.17, 15) is 13.2 Å². The first-order valence-corrected chi connectivity index (χ1v) is 10.8. The monoisotopic (exact) mass is 403 g/mol. The molecule has 2 aromatic rings. The van der Waals surface area contributed by atoms with E-state index in [2.05, 4.69) is 4.72 Å². The highest BCUT2D eigenvalue weighted by Crippen LogP contribution is 2.22. The molecule has 0 aromatic heterocycles. The lowest BCUT2D eigenvalue weighted by atomic mass is 10.0. The van der Waals surface area contributed by atoms with E-state index in [-0.39, 0.29) is 10.8 Å². The van der Waals surface area contributed by atoms with Gasteiger partial charge in [-0.3, -0.25) is 4.79 Å². The van der Waals surface area contributed by atoms with Crippen molar-refractivity contribution in [1.29, 1.82) is 0 Å². The Balaban J connectivity index is 2.22. The van der Waals surface area contributed by atoms with Crippen molar-refractivity contribution in [3.8, 4) is 11.1 Å². The summed E-state index contributed by atoms with van der Waals surface area (Å²) in [7, 11) is -3.86. The summed E-state index contributed by atoms with van der Waals surface area (Å²) < 4.78 is 33.4. The maximum Gasteiger partial charge on any atom is 0.324 e. The lowest BCUT2D eigenvalue weighted by Gasteiger charge is -2.26. The molecule has 0 saturated carbocycles. The first-order valence-electron chi connectivity index (χ1n) is 9.31. The summed E-state index contributed by atoms with van der Waals surface area (Å²) >= 11 is 0. The smallest absolute Gasteiger partial charge is 0.324 e. The SMILES string of the molecule is Cc1ccc(-c2ccc(S(=O)(=O)N[C@H](C(=O)OC(C)(C)C)C(C)C)cc2)cc1. The van der Waals surface area contributed by atoms with Gasteiger partial charge >= 0.3 is 5.97 Å². The van der Waals surface area contributed by atoms with E-state index in [1.54, 1.807) is 58.9 Å². The average Bonchev–Trinajstić information content (AvgIpc) is 2.59. The van der Waals surface area contributed by atoms with Crippen LogP contribution in [0, 0.1) is 12.8 Å². The second kappa shape index (κ2) is 8.45. The van der Waals surface area contributed by atoms with Crippen molar-refractivity contribution in [2.75, 3.05) is 0 Å². The lowest BCUT2D eigenvalue weighted by molar-refractivity contribution is -0.158. The molecule has 0 bridgehead atoms. The molecule has 0 radical (unpaired) electrons. The normalized spacial score (nSPS) is 13.4. The Kier molecular flexibility index (Phi) is 6.67. The number of benzene rings is 2. The summed E-state index contributed by atoms with van der Waals surface area (Å²) in [4.78, 5) is 12.5. The number of rotatable bonds is 6. The number of ether oxygens (including phenoxy) is 1. The molecular formula is C22H29NO4S. The van der Waals surface area contributed by atoms with Crippen LogP contribution in [-0.4, -0.2) is 26.0 Å². The van der Waals surface area contributed by atoms with Gasteiger partial charge in [-0.15, -0.1) is 0 Å². The van der Waals surface area contributed by atoms with Crippen LogP contribution in [0.15, 0.2) is 53.4 Å². The van der Waals surface area contributed by atoms with E-state index in [1.165, 1.54) is 0 Å². The Morgan fingerprint density at radius 1 is 0.929 bits per heavy atom. The van der Waals surface area contributed by atoms with Crippen LogP contribution in [0.5, 0.6) is 0 Å². The van der Waals surface area contributed by atoms with Crippen LogP contribution in [0.3, 0.4) is 0 Å². The third kappa shape index (κ3) is 5.91. The summed E-state index contributed by atoms with van der Waals surface area (Å²) in [5.41, 5.74) is 2.41. The van der Waals surface area contributed by atoms with E-state index in [0.717, 1.165) is 16.7 Å². The molecule has 0 amide bonds. The van der Waals surface area contributed by atoms with E-state index in [1.807, 2.05) is 31.2 Å². The fourth-order valence-electron chi connectivity index (χ4n) is 2.63. The van der Waals surface area contributed by atoms with Crippen LogP contribution in [0.4, 0.5) is 0 Å². The minimum atomic E-state index is -3.86. The fraction of sp³-hybridized carbons (Fsp3) is 0.409. The molecule has 2 aromatic carbocycles. The molecule has 0 fully saturated rings. The first-order chi connectivity index (χ1) is 12.9. The molecule has 152 valence electrons. The van der Waals surface area contributed by atoms with Gasteiger partial charge in [0, 0.05) is 0 Å². The van der Waals surface area contributed by atoms with Gasteiger partial charge < -0.3 is 4.74 Å². The number of esters is 1. The molecule has 6 heteroatoms. The maximum absolute atomic E-state index is 12.8. The molecule has 28 heavy (non-hydrogen) atoms. The zero-order valence-electron chi connectivity index (χ0n) is 17.3. The Morgan fingerprint density at radius 2 is 1.39 bits per heavy atom. The molecule has 2 rings (SSSR count). The zero-order valence-corrected chi connectivity index (χ0v) is 18.1. The highest BCUT2D eigenvalue weighted by Gasteiger charge is 2.32. The van der Waals surface area contributed by atoms with Gasteiger partial charge in [-0.1, -0.05) is 55.8 Å². The van der Waals surface area contributed by atoms with Gasteiger partial charge in [0.2, 0.25) is 10.0 Å².